The maximum absolute atomic E-state index is 12.5. The van der Waals surface area contributed by atoms with Crippen LogP contribution in [0.4, 0.5) is 23.7 Å². The molecule has 27 heavy (non-hydrogen) atoms. The molecule has 2 aromatic rings. The summed E-state index contributed by atoms with van der Waals surface area (Å²) in [6, 6.07) is 12.6. The van der Waals surface area contributed by atoms with Crippen LogP contribution in [0.25, 0.3) is 0 Å². The highest BCUT2D eigenvalue weighted by Gasteiger charge is 2.29. The Morgan fingerprint density at radius 2 is 1.67 bits per heavy atom. The van der Waals surface area contributed by atoms with Crippen molar-refractivity contribution in [2.75, 3.05) is 11.9 Å². The van der Waals surface area contributed by atoms with Gasteiger partial charge in [0.15, 0.2) is 5.78 Å². The largest absolute Gasteiger partial charge is 0.445 e. The van der Waals surface area contributed by atoms with Gasteiger partial charge in [0.25, 0.3) is 0 Å². The van der Waals surface area contributed by atoms with Gasteiger partial charge in [-0.3, -0.25) is 4.79 Å². The summed E-state index contributed by atoms with van der Waals surface area (Å²) >= 11 is 0. The highest BCUT2D eigenvalue weighted by atomic mass is 19.4. The third-order valence-electron chi connectivity index (χ3n) is 3.71. The second kappa shape index (κ2) is 9.07. The molecule has 8 heteroatoms. The average Bonchev–Trinajstić information content (AvgIpc) is 2.65. The minimum Gasteiger partial charge on any atom is -0.445 e. The van der Waals surface area contributed by atoms with E-state index in [1.807, 2.05) is 18.2 Å². The zero-order chi connectivity index (χ0) is 19.9. The van der Waals surface area contributed by atoms with Gasteiger partial charge in [0.2, 0.25) is 0 Å². The molecule has 2 aromatic carbocycles. The lowest BCUT2D eigenvalue weighted by Gasteiger charge is -2.14. The molecular weight excluding hydrogens is 361 g/mol. The van der Waals surface area contributed by atoms with Crippen molar-refractivity contribution in [1.82, 2.24) is 5.32 Å². The number of benzene rings is 2. The first-order valence-electron chi connectivity index (χ1n) is 8.17. The van der Waals surface area contributed by atoms with Crippen molar-refractivity contribution in [3.8, 4) is 0 Å². The van der Waals surface area contributed by atoms with Gasteiger partial charge in [-0.25, -0.2) is 4.79 Å². The molecule has 144 valence electrons. The lowest BCUT2D eigenvalue weighted by molar-refractivity contribution is -0.137. The summed E-state index contributed by atoms with van der Waals surface area (Å²) in [6.07, 6.45) is -5.14. The summed E-state index contributed by atoms with van der Waals surface area (Å²) in [5, 5.41) is 5.14. The molecule has 2 N–H and O–H groups in total. The van der Waals surface area contributed by atoms with Gasteiger partial charge in [0.05, 0.1) is 18.2 Å². The van der Waals surface area contributed by atoms with Gasteiger partial charge in [-0.1, -0.05) is 30.3 Å². The van der Waals surface area contributed by atoms with Crippen LogP contribution < -0.4 is 10.6 Å². The first kappa shape index (κ1) is 20.3. The second-order valence-electron chi connectivity index (χ2n) is 5.82. The maximum atomic E-state index is 12.5. The molecule has 0 bridgehead atoms. The van der Waals surface area contributed by atoms with Gasteiger partial charge in [0.1, 0.15) is 6.61 Å². The topological polar surface area (TPSA) is 67.4 Å². The molecule has 2 rings (SSSR count). The van der Waals surface area contributed by atoms with Crippen molar-refractivity contribution in [3.05, 3.63) is 65.7 Å². The fourth-order valence-electron chi connectivity index (χ4n) is 2.14. The van der Waals surface area contributed by atoms with Gasteiger partial charge in [-0.05, 0) is 36.8 Å². The van der Waals surface area contributed by atoms with Gasteiger partial charge in [0, 0.05) is 5.69 Å². The van der Waals surface area contributed by atoms with Crippen molar-refractivity contribution < 1.29 is 27.5 Å². The van der Waals surface area contributed by atoms with Crippen molar-refractivity contribution in [2.24, 2.45) is 0 Å². The number of hydrogen-bond donors (Lipinski definition) is 2. The normalized spacial score (nSPS) is 12.1. The van der Waals surface area contributed by atoms with Crippen LogP contribution in [0, 0.1) is 0 Å². The Labute approximate surface area is 154 Å². The van der Waals surface area contributed by atoms with E-state index in [0.717, 1.165) is 17.7 Å². The van der Waals surface area contributed by atoms with E-state index >= 15 is 0 Å². The molecule has 0 fully saturated rings. The molecule has 0 aliphatic rings. The Balaban J connectivity index is 1.75. The molecule has 5 nitrogen and oxygen atoms in total. The number of rotatable bonds is 7. The fraction of sp³-hybridized carbons (Fsp3) is 0.263. The molecule has 0 heterocycles. The molecule has 0 saturated heterocycles. The maximum Gasteiger partial charge on any atom is 0.416 e. The van der Waals surface area contributed by atoms with Crippen LogP contribution >= 0.6 is 0 Å². The Morgan fingerprint density at radius 3 is 2.26 bits per heavy atom. The molecule has 0 aliphatic carbocycles. The molecular formula is C19H19F3N2O3. The number of ketones is 1. The number of carbonyl (C=O) groups excluding carboxylic acids is 2. The molecule has 0 radical (unpaired) electrons. The number of hydrogen-bond acceptors (Lipinski definition) is 4. The molecule has 0 aromatic heterocycles. The second-order valence-corrected chi connectivity index (χ2v) is 5.82. The number of alkyl halides is 3. The number of ether oxygens (including phenoxy) is 1. The Hall–Kier alpha value is -3.03. The van der Waals surface area contributed by atoms with Crippen molar-refractivity contribution in [2.45, 2.75) is 25.7 Å². The van der Waals surface area contributed by atoms with Crippen LogP contribution in [-0.4, -0.2) is 24.5 Å². The number of Topliss-reactive ketones (excluding diaryl/α,β-unsaturated/α-hetero) is 1. The van der Waals surface area contributed by atoms with E-state index in [2.05, 4.69) is 10.6 Å². The Kier molecular flexibility index (Phi) is 6.81. The highest BCUT2D eigenvalue weighted by molar-refractivity contribution is 5.90. The third-order valence-corrected chi connectivity index (χ3v) is 3.71. The number of carbonyl (C=O) groups is 2. The minimum absolute atomic E-state index is 0.0807. The van der Waals surface area contributed by atoms with E-state index in [1.165, 1.54) is 19.1 Å². The zero-order valence-electron chi connectivity index (χ0n) is 14.5. The summed E-state index contributed by atoms with van der Waals surface area (Å²) in [5.74, 6) is -0.341. The number of halogens is 3. The number of nitrogens with one attached hydrogen (secondary N) is 2. The van der Waals surface area contributed by atoms with Crippen molar-refractivity contribution in [3.63, 3.8) is 0 Å². The minimum atomic E-state index is -4.41. The summed E-state index contributed by atoms with van der Waals surface area (Å²) in [7, 11) is 0. The molecule has 0 saturated carbocycles. The number of amides is 1. The Morgan fingerprint density at radius 1 is 1.04 bits per heavy atom. The van der Waals surface area contributed by atoms with Crippen LogP contribution in [0.15, 0.2) is 54.6 Å². The average molecular weight is 380 g/mol. The highest BCUT2D eigenvalue weighted by Crippen LogP contribution is 2.29. The predicted octanol–water partition coefficient (Wildman–Crippen LogP) is 4.00. The summed E-state index contributed by atoms with van der Waals surface area (Å²) < 4.78 is 42.5. The number of anilines is 1. The SMILES string of the molecule is C[C@H](NC(=O)OCc1ccccc1)C(=O)CNc1ccc(C(F)(F)F)cc1. The zero-order valence-corrected chi connectivity index (χ0v) is 14.5. The van der Waals surface area contributed by atoms with E-state index in [4.69, 9.17) is 4.74 Å². The molecule has 1 atom stereocenters. The lowest BCUT2D eigenvalue weighted by Crippen LogP contribution is -2.41. The quantitative estimate of drug-likeness (QED) is 0.762. The fourth-order valence-corrected chi connectivity index (χ4v) is 2.14. The van der Waals surface area contributed by atoms with Crippen molar-refractivity contribution in [1.29, 1.82) is 0 Å². The van der Waals surface area contributed by atoms with E-state index < -0.39 is 23.9 Å². The van der Waals surface area contributed by atoms with E-state index in [1.54, 1.807) is 12.1 Å². The monoisotopic (exact) mass is 380 g/mol. The van der Waals surface area contributed by atoms with Gasteiger partial charge in [-0.15, -0.1) is 0 Å². The summed E-state index contributed by atoms with van der Waals surface area (Å²) in [5.41, 5.74) is 0.418. The first-order chi connectivity index (χ1) is 12.8. The van der Waals surface area contributed by atoms with E-state index in [9.17, 15) is 22.8 Å². The summed E-state index contributed by atoms with van der Waals surface area (Å²) in [4.78, 5) is 23.8. The van der Waals surface area contributed by atoms with Crippen LogP contribution in [0.3, 0.4) is 0 Å². The van der Waals surface area contributed by atoms with Crippen LogP contribution in [0.2, 0.25) is 0 Å². The van der Waals surface area contributed by atoms with Gasteiger partial charge in [-0.2, -0.15) is 13.2 Å². The first-order valence-corrected chi connectivity index (χ1v) is 8.17. The molecule has 0 unspecified atom stereocenters. The van der Waals surface area contributed by atoms with Gasteiger partial charge < -0.3 is 15.4 Å². The molecule has 0 spiro atoms. The van der Waals surface area contributed by atoms with Gasteiger partial charge >= 0.3 is 12.3 Å². The molecule has 0 aliphatic heterocycles. The third kappa shape index (κ3) is 6.65. The predicted molar refractivity (Wildman–Crippen MR) is 94.2 cm³/mol. The standard InChI is InChI=1S/C19H19F3N2O3/c1-13(24-18(26)27-12-14-5-3-2-4-6-14)17(25)11-23-16-9-7-15(8-10-16)19(20,21)22/h2-10,13,23H,11-12H2,1H3,(H,24,26)/t13-/m0/s1. The Bertz CT molecular complexity index is 762. The lowest BCUT2D eigenvalue weighted by atomic mass is 10.2. The number of alkyl carbamates (subject to hydrolysis) is 1. The van der Waals surface area contributed by atoms with Crippen LogP contribution in [0.1, 0.15) is 18.1 Å². The molecule has 1 amide bonds. The van der Waals surface area contributed by atoms with Crippen LogP contribution in [-0.2, 0) is 22.3 Å². The van der Waals surface area contributed by atoms with E-state index in [-0.39, 0.29) is 18.9 Å². The summed E-state index contributed by atoms with van der Waals surface area (Å²) in [6.45, 7) is 1.43. The smallest absolute Gasteiger partial charge is 0.416 e. The van der Waals surface area contributed by atoms with E-state index in [0.29, 0.717) is 5.69 Å². The van der Waals surface area contributed by atoms with Crippen molar-refractivity contribution >= 4 is 17.6 Å². The van der Waals surface area contributed by atoms with Crippen LogP contribution in [0.5, 0.6) is 0 Å².